The van der Waals surface area contributed by atoms with Gasteiger partial charge in [0.15, 0.2) is 0 Å². The van der Waals surface area contributed by atoms with E-state index in [1.807, 2.05) is 24.3 Å². The van der Waals surface area contributed by atoms with Crippen LogP contribution in [0.25, 0.3) is 0 Å². The van der Waals surface area contributed by atoms with Gasteiger partial charge in [-0.05, 0) is 34.6 Å². The molecule has 0 unspecified atom stereocenters. The van der Waals surface area contributed by atoms with Crippen molar-refractivity contribution < 1.29 is 14.8 Å². The van der Waals surface area contributed by atoms with Crippen molar-refractivity contribution in [2.24, 2.45) is 0 Å². The molecule has 0 spiro atoms. The van der Waals surface area contributed by atoms with Gasteiger partial charge in [0.05, 0.1) is 0 Å². The molecule has 0 saturated carbocycles. The number of benzene rings is 2. The summed E-state index contributed by atoms with van der Waals surface area (Å²) in [5.41, 5.74) is 2.76. The molecule has 0 atom stereocenters. The fourth-order valence-corrected chi connectivity index (χ4v) is 1.90. The zero-order chi connectivity index (χ0) is 14.5. The normalized spacial score (nSPS) is 10.7. The first-order valence-corrected chi connectivity index (χ1v) is 6.74. The van der Waals surface area contributed by atoms with Gasteiger partial charge < -0.3 is 14.8 Å². The van der Waals surface area contributed by atoms with Crippen molar-refractivity contribution >= 4 is 12.6 Å². The van der Waals surface area contributed by atoms with E-state index in [9.17, 15) is 0 Å². The molecule has 0 heterocycles. The Morgan fingerprint density at radius 2 is 1.55 bits per heavy atom. The Labute approximate surface area is 120 Å². The zero-order valence-corrected chi connectivity index (χ0v) is 11.8. The number of ether oxygens (including phenoxy) is 1. The van der Waals surface area contributed by atoms with E-state index in [0.29, 0.717) is 18.0 Å². The lowest BCUT2D eigenvalue weighted by Crippen LogP contribution is -2.29. The van der Waals surface area contributed by atoms with Crippen LogP contribution in [0, 0.1) is 0 Å². The van der Waals surface area contributed by atoms with Crippen molar-refractivity contribution in [1.82, 2.24) is 0 Å². The van der Waals surface area contributed by atoms with Crippen LogP contribution in [0.1, 0.15) is 30.9 Å². The summed E-state index contributed by atoms with van der Waals surface area (Å²) < 4.78 is 5.70. The number of rotatable bonds is 5. The summed E-state index contributed by atoms with van der Waals surface area (Å²) >= 11 is 0. The summed E-state index contributed by atoms with van der Waals surface area (Å²) in [5.74, 6) is 1.35. The highest BCUT2D eigenvalue weighted by Crippen LogP contribution is 2.19. The van der Waals surface area contributed by atoms with Crippen LogP contribution in [-0.4, -0.2) is 17.2 Å². The Hall–Kier alpha value is -1.78. The van der Waals surface area contributed by atoms with Gasteiger partial charge in [0.1, 0.15) is 12.4 Å². The second-order valence-corrected chi connectivity index (χ2v) is 5.13. The molecule has 0 saturated heterocycles. The van der Waals surface area contributed by atoms with E-state index in [1.54, 1.807) is 12.1 Å². The quantitative estimate of drug-likeness (QED) is 0.818. The molecule has 4 heteroatoms. The van der Waals surface area contributed by atoms with E-state index in [0.717, 1.165) is 11.3 Å². The largest absolute Gasteiger partial charge is 0.489 e. The molecule has 0 fully saturated rings. The highest BCUT2D eigenvalue weighted by molar-refractivity contribution is 6.58. The van der Waals surface area contributed by atoms with Gasteiger partial charge in [0.25, 0.3) is 0 Å². The predicted octanol–water partition coefficient (Wildman–Crippen LogP) is 2.07. The van der Waals surface area contributed by atoms with Gasteiger partial charge in [-0.3, -0.25) is 0 Å². The Balaban J connectivity index is 1.94. The molecule has 0 aromatic heterocycles. The summed E-state index contributed by atoms with van der Waals surface area (Å²) in [5, 5.41) is 18.0. The van der Waals surface area contributed by atoms with Crippen LogP contribution >= 0.6 is 0 Å². The van der Waals surface area contributed by atoms with E-state index < -0.39 is 7.12 Å². The molecular formula is C16H19BO3. The fraction of sp³-hybridized carbons (Fsp3) is 0.250. The average Bonchev–Trinajstić information content (AvgIpc) is 2.46. The summed E-state index contributed by atoms with van der Waals surface area (Å²) in [6.45, 7) is 4.78. The minimum atomic E-state index is -1.42. The number of hydrogen-bond donors (Lipinski definition) is 2. The van der Waals surface area contributed by atoms with Crippen molar-refractivity contribution in [3.63, 3.8) is 0 Å². The third kappa shape index (κ3) is 3.86. The minimum Gasteiger partial charge on any atom is -0.489 e. The first kappa shape index (κ1) is 14.6. The zero-order valence-electron chi connectivity index (χ0n) is 11.8. The Bertz CT molecular complexity index is 481. The molecule has 2 rings (SSSR count). The van der Waals surface area contributed by atoms with Gasteiger partial charge in [-0.2, -0.15) is 0 Å². The van der Waals surface area contributed by atoms with Crippen LogP contribution in [0.4, 0.5) is 0 Å². The maximum absolute atomic E-state index is 9.02. The molecule has 2 N–H and O–H groups in total. The monoisotopic (exact) mass is 270 g/mol. The first-order chi connectivity index (χ1) is 9.56. The fourth-order valence-electron chi connectivity index (χ4n) is 1.90. The lowest BCUT2D eigenvalue weighted by molar-refractivity contribution is 0.306. The summed E-state index contributed by atoms with van der Waals surface area (Å²) in [4.78, 5) is 0. The van der Waals surface area contributed by atoms with Gasteiger partial charge in [-0.1, -0.05) is 50.2 Å². The van der Waals surface area contributed by atoms with Gasteiger partial charge >= 0.3 is 7.12 Å². The molecule has 0 amide bonds. The summed E-state index contributed by atoms with van der Waals surface area (Å²) in [7, 11) is -1.42. The molecule has 0 radical (unpaired) electrons. The Morgan fingerprint density at radius 3 is 2.05 bits per heavy atom. The van der Waals surface area contributed by atoms with Gasteiger partial charge in [-0.25, -0.2) is 0 Å². The van der Waals surface area contributed by atoms with Crippen LogP contribution in [0.2, 0.25) is 0 Å². The van der Waals surface area contributed by atoms with Crippen molar-refractivity contribution in [1.29, 1.82) is 0 Å². The molecule has 3 nitrogen and oxygen atoms in total. The van der Waals surface area contributed by atoms with Crippen molar-refractivity contribution in [2.75, 3.05) is 0 Å². The third-order valence-corrected chi connectivity index (χ3v) is 3.23. The van der Waals surface area contributed by atoms with Crippen LogP contribution < -0.4 is 10.2 Å². The minimum absolute atomic E-state index is 0.461. The lowest BCUT2D eigenvalue weighted by atomic mass is 9.80. The van der Waals surface area contributed by atoms with E-state index in [4.69, 9.17) is 14.8 Å². The second kappa shape index (κ2) is 6.59. The van der Waals surface area contributed by atoms with Gasteiger partial charge in [-0.15, -0.1) is 0 Å². The predicted molar refractivity (Wildman–Crippen MR) is 81.1 cm³/mol. The highest BCUT2D eigenvalue weighted by atomic mass is 16.5. The Kier molecular flexibility index (Phi) is 4.82. The summed E-state index contributed by atoms with van der Waals surface area (Å²) in [6.07, 6.45) is 0. The van der Waals surface area contributed by atoms with E-state index in [1.165, 1.54) is 5.56 Å². The van der Waals surface area contributed by atoms with Crippen LogP contribution in [-0.2, 0) is 6.61 Å². The molecule has 0 bridgehead atoms. The van der Waals surface area contributed by atoms with E-state index >= 15 is 0 Å². The van der Waals surface area contributed by atoms with E-state index in [2.05, 4.69) is 26.0 Å². The third-order valence-electron chi connectivity index (χ3n) is 3.23. The summed E-state index contributed by atoms with van der Waals surface area (Å²) in [6, 6.07) is 15.1. The molecule has 0 aliphatic carbocycles. The highest BCUT2D eigenvalue weighted by Gasteiger charge is 2.09. The van der Waals surface area contributed by atoms with Crippen LogP contribution in [0.3, 0.4) is 0 Å². The molecule has 2 aromatic rings. The molecular weight excluding hydrogens is 251 g/mol. The molecule has 104 valence electrons. The van der Waals surface area contributed by atoms with Crippen LogP contribution in [0.5, 0.6) is 5.75 Å². The standard InChI is InChI=1S/C16H19BO3/c1-12(2)14-5-9-16(10-6-14)20-11-13-3-7-15(8-4-13)17(18)19/h3-10,12,18-19H,11H2,1-2H3. The van der Waals surface area contributed by atoms with Gasteiger partial charge in [0, 0.05) is 0 Å². The SMILES string of the molecule is CC(C)c1ccc(OCc2ccc(B(O)O)cc2)cc1. The second-order valence-electron chi connectivity index (χ2n) is 5.13. The van der Waals surface area contributed by atoms with Gasteiger partial charge in [0.2, 0.25) is 0 Å². The molecule has 0 aliphatic heterocycles. The van der Waals surface area contributed by atoms with Crippen molar-refractivity contribution in [2.45, 2.75) is 26.4 Å². The van der Waals surface area contributed by atoms with Crippen molar-refractivity contribution in [3.8, 4) is 5.75 Å². The first-order valence-electron chi connectivity index (χ1n) is 6.74. The molecule has 2 aromatic carbocycles. The van der Waals surface area contributed by atoms with Crippen LogP contribution in [0.15, 0.2) is 48.5 Å². The molecule has 0 aliphatic rings. The average molecular weight is 270 g/mol. The number of hydrogen-bond acceptors (Lipinski definition) is 3. The maximum atomic E-state index is 9.02. The van der Waals surface area contributed by atoms with Crippen molar-refractivity contribution in [3.05, 3.63) is 59.7 Å². The lowest BCUT2D eigenvalue weighted by Gasteiger charge is -2.09. The van der Waals surface area contributed by atoms with E-state index in [-0.39, 0.29) is 0 Å². The topological polar surface area (TPSA) is 49.7 Å². The Morgan fingerprint density at radius 1 is 0.950 bits per heavy atom. The maximum Gasteiger partial charge on any atom is 0.488 e. The smallest absolute Gasteiger partial charge is 0.488 e. The molecule has 20 heavy (non-hydrogen) atoms.